The molecule has 0 saturated heterocycles. The standard InChI is InChI=1S/C11H14N4OS/c1-7(16)9-4-5-12-10(6-9)17-11-14-13-8(2)15(11)3/h4-7,16H,1-3H3/t7-/m1/s1. The fourth-order valence-corrected chi connectivity index (χ4v) is 2.16. The monoisotopic (exact) mass is 250 g/mol. The molecule has 2 rings (SSSR count). The lowest BCUT2D eigenvalue weighted by atomic mass is 10.2. The summed E-state index contributed by atoms with van der Waals surface area (Å²) < 4.78 is 1.90. The summed E-state index contributed by atoms with van der Waals surface area (Å²) in [4.78, 5) is 4.24. The van der Waals surface area contributed by atoms with Crippen molar-refractivity contribution >= 4 is 11.8 Å². The van der Waals surface area contributed by atoms with E-state index in [1.165, 1.54) is 11.8 Å². The van der Waals surface area contributed by atoms with Gasteiger partial charge in [0.05, 0.1) is 6.10 Å². The number of pyridine rings is 1. The molecule has 1 atom stereocenters. The minimum Gasteiger partial charge on any atom is -0.389 e. The Labute approximate surface area is 104 Å². The van der Waals surface area contributed by atoms with E-state index in [-0.39, 0.29) is 0 Å². The van der Waals surface area contributed by atoms with Crippen molar-refractivity contribution in [3.05, 3.63) is 29.7 Å². The minimum absolute atomic E-state index is 0.487. The lowest BCUT2D eigenvalue weighted by molar-refractivity contribution is 0.199. The van der Waals surface area contributed by atoms with E-state index in [9.17, 15) is 5.11 Å². The van der Waals surface area contributed by atoms with Gasteiger partial charge in [-0.1, -0.05) is 0 Å². The van der Waals surface area contributed by atoms with E-state index < -0.39 is 6.10 Å². The molecule has 0 saturated carbocycles. The Hall–Kier alpha value is -1.40. The number of hydrogen-bond donors (Lipinski definition) is 1. The lowest BCUT2D eigenvalue weighted by Gasteiger charge is -2.06. The summed E-state index contributed by atoms with van der Waals surface area (Å²) >= 11 is 1.43. The maximum atomic E-state index is 9.50. The molecular formula is C11H14N4OS. The molecule has 0 fully saturated rings. The van der Waals surface area contributed by atoms with E-state index in [4.69, 9.17) is 0 Å². The van der Waals surface area contributed by atoms with Crippen molar-refractivity contribution in [2.75, 3.05) is 0 Å². The Morgan fingerprint density at radius 1 is 1.41 bits per heavy atom. The van der Waals surface area contributed by atoms with E-state index in [0.29, 0.717) is 0 Å². The molecule has 0 amide bonds. The third-order valence-electron chi connectivity index (χ3n) is 2.49. The van der Waals surface area contributed by atoms with Crippen LogP contribution < -0.4 is 0 Å². The van der Waals surface area contributed by atoms with Crippen LogP contribution in [-0.2, 0) is 7.05 Å². The second-order valence-electron chi connectivity index (χ2n) is 3.79. The van der Waals surface area contributed by atoms with Crippen LogP contribution in [0.25, 0.3) is 0 Å². The zero-order chi connectivity index (χ0) is 12.4. The van der Waals surface area contributed by atoms with Crippen LogP contribution in [0.5, 0.6) is 0 Å². The Balaban J connectivity index is 2.24. The SMILES string of the molecule is Cc1nnc(Sc2cc([C@@H](C)O)ccn2)n1C. The number of hydrogen-bond acceptors (Lipinski definition) is 5. The second-order valence-corrected chi connectivity index (χ2v) is 4.78. The van der Waals surface area contributed by atoms with Gasteiger partial charge >= 0.3 is 0 Å². The van der Waals surface area contributed by atoms with Gasteiger partial charge in [0, 0.05) is 13.2 Å². The predicted octanol–water partition coefficient (Wildman–Crippen LogP) is 1.72. The number of aromatic nitrogens is 4. The molecule has 2 aromatic rings. The molecule has 0 aliphatic rings. The van der Waals surface area contributed by atoms with Crippen LogP contribution in [0.3, 0.4) is 0 Å². The smallest absolute Gasteiger partial charge is 0.197 e. The van der Waals surface area contributed by atoms with Crippen molar-refractivity contribution in [3.63, 3.8) is 0 Å². The molecule has 0 radical (unpaired) electrons. The van der Waals surface area contributed by atoms with E-state index in [1.807, 2.05) is 24.6 Å². The van der Waals surface area contributed by atoms with Crippen molar-refractivity contribution in [3.8, 4) is 0 Å². The molecule has 0 aromatic carbocycles. The van der Waals surface area contributed by atoms with Crippen molar-refractivity contribution < 1.29 is 5.11 Å². The van der Waals surface area contributed by atoms with E-state index >= 15 is 0 Å². The first-order valence-corrected chi connectivity index (χ1v) is 6.07. The van der Waals surface area contributed by atoms with Gasteiger partial charge in [0.25, 0.3) is 0 Å². The molecule has 0 spiro atoms. The summed E-state index contributed by atoms with van der Waals surface area (Å²) in [5.74, 6) is 0.860. The normalized spacial score (nSPS) is 12.7. The van der Waals surface area contributed by atoms with Gasteiger partial charge in [0.1, 0.15) is 10.9 Å². The number of rotatable bonds is 3. The third-order valence-corrected chi connectivity index (χ3v) is 3.46. The Morgan fingerprint density at radius 2 is 2.18 bits per heavy atom. The first-order valence-electron chi connectivity index (χ1n) is 5.26. The molecule has 0 unspecified atom stereocenters. The van der Waals surface area contributed by atoms with Crippen molar-refractivity contribution in [2.45, 2.75) is 30.1 Å². The molecule has 90 valence electrons. The highest BCUT2D eigenvalue weighted by Gasteiger charge is 2.09. The second kappa shape index (κ2) is 4.85. The van der Waals surface area contributed by atoms with Crippen LogP contribution in [0.15, 0.2) is 28.5 Å². The van der Waals surface area contributed by atoms with Gasteiger partial charge in [-0.3, -0.25) is 0 Å². The largest absolute Gasteiger partial charge is 0.389 e. The molecule has 17 heavy (non-hydrogen) atoms. The quantitative estimate of drug-likeness (QED) is 0.898. The number of nitrogens with zero attached hydrogens (tertiary/aromatic N) is 4. The first kappa shape index (κ1) is 12.1. The van der Waals surface area contributed by atoms with Crippen LogP contribution in [0, 0.1) is 6.92 Å². The first-order chi connectivity index (χ1) is 8.08. The zero-order valence-electron chi connectivity index (χ0n) is 9.95. The lowest BCUT2D eigenvalue weighted by Crippen LogP contribution is -1.95. The van der Waals surface area contributed by atoms with Crippen LogP contribution in [0.1, 0.15) is 24.4 Å². The van der Waals surface area contributed by atoms with Gasteiger partial charge < -0.3 is 9.67 Å². The van der Waals surface area contributed by atoms with Gasteiger partial charge in [0.15, 0.2) is 5.16 Å². The Bertz CT molecular complexity index is 524. The molecule has 0 bridgehead atoms. The molecule has 1 N–H and O–H groups in total. The van der Waals surface area contributed by atoms with Crippen LogP contribution >= 0.6 is 11.8 Å². The molecule has 0 aliphatic carbocycles. The van der Waals surface area contributed by atoms with E-state index in [1.54, 1.807) is 19.2 Å². The summed E-state index contributed by atoms with van der Waals surface area (Å²) in [6.45, 7) is 3.63. The van der Waals surface area contributed by atoms with Crippen LogP contribution in [0.2, 0.25) is 0 Å². The minimum atomic E-state index is -0.487. The van der Waals surface area contributed by atoms with Crippen molar-refractivity contribution in [1.82, 2.24) is 19.7 Å². The average Bonchev–Trinajstić information content (AvgIpc) is 2.61. The van der Waals surface area contributed by atoms with Crippen molar-refractivity contribution in [2.24, 2.45) is 7.05 Å². The maximum Gasteiger partial charge on any atom is 0.197 e. The van der Waals surface area contributed by atoms with Gasteiger partial charge in [-0.2, -0.15) is 0 Å². The van der Waals surface area contributed by atoms with E-state index in [2.05, 4.69) is 15.2 Å². The third kappa shape index (κ3) is 2.65. The summed E-state index contributed by atoms with van der Waals surface area (Å²) in [5, 5.41) is 19.1. The zero-order valence-corrected chi connectivity index (χ0v) is 10.8. The van der Waals surface area contributed by atoms with Gasteiger partial charge in [-0.05, 0) is 43.3 Å². The van der Waals surface area contributed by atoms with E-state index in [0.717, 1.165) is 21.6 Å². The van der Waals surface area contributed by atoms with Crippen LogP contribution in [0.4, 0.5) is 0 Å². The summed E-state index contributed by atoms with van der Waals surface area (Å²) in [6, 6.07) is 3.66. The highest BCUT2D eigenvalue weighted by Crippen LogP contribution is 2.26. The molecule has 2 aromatic heterocycles. The molecule has 2 heterocycles. The summed E-state index contributed by atoms with van der Waals surface area (Å²) in [6.07, 6.45) is 1.20. The summed E-state index contributed by atoms with van der Waals surface area (Å²) in [7, 11) is 1.91. The van der Waals surface area contributed by atoms with Gasteiger partial charge in [0.2, 0.25) is 0 Å². The predicted molar refractivity (Wildman–Crippen MR) is 64.7 cm³/mol. The molecule has 6 heteroatoms. The number of aryl methyl sites for hydroxylation is 1. The molecule has 5 nitrogen and oxygen atoms in total. The Kier molecular flexibility index (Phi) is 3.44. The number of aliphatic hydroxyl groups is 1. The van der Waals surface area contributed by atoms with Gasteiger partial charge in [-0.15, -0.1) is 10.2 Å². The highest BCUT2D eigenvalue weighted by molar-refractivity contribution is 7.99. The maximum absolute atomic E-state index is 9.50. The average molecular weight is 250 g/mol. The molecular weight excluding hydrogens is 236 g/mol. The summed E-state index contributed by atoms with van der Waals surface area (Å²) in [5.41, 5.74) is 0.849. The van der Waals surface area contributed by atoms with Crippen LogP contribution in [-0.4, -0.2) is 24.9 Å². The van der Waals surface area contributed by atoms with Gasteiger partial charge in [-0.25, -0.2) is 4.98 Å². The Morgan fingerprint density at radius 3 is 2.76 bits per heavy atom. The molecule has 0 aliphatic heterocycles. The fourth-order valence-electron chi connectivity index (χ4n) is 1.31. The van der Waals surface area contributed by atoms with Crippen molar-refractivity contribution in [1.29, 1.82) is 0 Å². The topological polar surface area (TPSA) is 63.8 Å². The fraction of sp³-hybridized carbons (Fsp3) is 0.364. The number of aliphatic hydroxyl groups excluding tert-OH is 1. The highest BCUT2D eigenvalue weighted by atomic mass is 32.2.